The third-order valence-corrected chi connectivity index (χ3v) is 4.33. The highest BCUT2D eigenvalue weighted by Crippen LogP contribution is 2.20. The van der Waals surface area contributed by atoms with E-state index in [1.54, 1.807) is 24.3 Å². The van der Waals surface area contributed by atoms with Gasteiger partial charge >= 0.3 is 6.03 Å². The van der Waals surface area contributed by atoms with Crippen LogP contribution in [0.4, 0.5) is 16.2 Å². The van der Waals surface area contributed by atoms with E-state index in [0.717, 1.165) is 19.4 Å². The van der Waals surface area contributed by atoms with Crippen LogP contribution < -0.4 is 16.4 Å². The van der Waals surface area contributed by atoms with E-state index in [1.807, 2.05) is 35.2 Å². The molecule has 0 bridgehead atoms. The van der Waals surface area contributed by atoms with Gasteiger partial charge in [0.1, 0.15) is 0 Å². The number of hydrogen-bond donors (Lipinski definition) is 3. The monoisotopic (exact) mass is 374 g/mol. The lowest BCUT2D eigenvalue weighted by atomic mass is 10.1. The Balaban J connectivity index is 0.00000243. The largest absolute Gasteiger partial charge is 0.334 e. The van der Waals surface area contributed by atoms with Crippen LogP contribution in [0.1, 0.15) is 23.2 Å². The van der Waals surface area contributed by atoms with E-state index in [-0.39, 0.29) is 30.4 Å². The van der Waals surface area contributed by atoms with Gasteiger partial charge in [-0.25, -0.2) is 4.79 Å². The number of carbonyl (C=O) groups excluding carboxylic acids is 2. The van der Waals surface area contributed by atoms with Gasteiger partial charge in [0, 0.05) is 36.1 Å². The molecule has 2 aromatic carbocycles. The minimum Gasteiger partial charge on any atom is -0.334 e. The van der Waals surface area contributed by atoms with Crippen LogP contribution in [-0.2, 0) is 0 Å². The van der Waals surface area contributed by atoms with Crippen molar-refractivity contribution in [3.8, 4) is 0 Å². The zero-order valence-corrected chi connectivity index (χ0v) is 15.2. The molecule has 26 heavy (non-hydrogen) atoms. The van der Waals surface area contributed by atoms with Crippen molar-refractivity contribution in [2.75, 3.05) is 23.7 Å². The molecular formula is C19H23ClN4O2. The maximum Gasteiger partial charge on any atom is 0.323 e. The Kier molecular flexibility index (Phi) is 7.00. The molecule has 0 aliphatic carbocycles. The quantitative estimate of drug-likeness (QED) is 0.767. The summed E-state index contributed by atoms with van der Waals surface area (Å²) in [7, 11) is 0. The van der Waals surface area contributed by atoms with Crippen molar-refractivity contribution in [2.24, 2.45) is 5.73 Å². The van der Waals surface area contributed by atoms with E-state index in [0.29, 0.717) is 23.5 Å². The number of nitrogens with zero attached hydrogens (tertiary/aromatic N) is 1. The Bertz CT molecular complexity index is 737. The summed E-state index contributed by atoms with van der Waals surface area (Å²) >= 11 is 0. The molecule has 1 fully saturated rings. The Morgan fingerprint density at radius 2 is 1.62 bits per heavy atom. The summed E-state index contributed by atoms with van der Waals surface area (Å²) in [6, 6.07) is 15.9. The molecule has 1 atom stereocenters. The maximum atomic E-state index is 12.6. The normalized spacial score (nSPS) is 15.9. The third-order valence-electron chi connectivity index (χ3n) is 4.33. The first-order valence-corrected chi connectivity index (χ1v) is 8.41. The van der Waals surface area contributed by atoms with E-state index in [1.165, 1.54) is 0 Å². The van der Waals surface area contributed by atoms with E-state index in [2.05, 4.69) is 10.6 Å². The van der Waals surface area contributed by atoms with Crippen molar-refractivity contribution in [1.82, 2.24) is 4.90 Å². The van der Waals surface area contributed by atoms with Gasteiger partial charge in [0.15, 0.2) is 0 Å². The van der Waals surface area contributed by atoms with Crippen molar-refractivity contribution in [3.63, 3.8) is 0 Å². The van der Waals surface area contributed by atoms with Gasteiger partial charge in [-0.1, -0.05) is 18.2 Å². The van der Waals surface area contributed by atoms with Crippen LogP contribution in [0.3, 0.4) is 0 Å². The molecular weight excluding hydrogens is 352 g/mol. The molecule has 4 N–H and O–H groups in total. The molecule has 3 rings (SSSR count). The molecule has 3 amide bonds. The summed E-state index contributed by atoms with van der Waals surface area (Å²) < 4.78 is 0. The average molecular weight is 375 g/mol. The van der Waals surface area contributed by atoms with Gasteiger partial charge in [-0.3, -0.25) is 4.79 Å². The molecule has 1 heterocycles. The summed E-state index contributed by atoms with van der Waals surface area (Å²) in [6.07, 6.45) is 1.95. The lowest BCUT2D eigenvalue weighted by Crippen LogP contribution is -2.39. The highest BCUT2D eigenvalue weighted by molar-refractivity contribution is 6.00. The number of amides is 3. The van der Waals surface area contributed by atoms with Gasteiger partial charge in [-0.05, 0) is 49.2 Å². The number of halogens is 1. The first kappa shape index (κ1) is 19.8. The highest BCUT2D eigenvalue weighted by atomic mass is 35.5. The molecule has 0 spiro atoms. The van der Waals surface area contributed by atoms with Gasteiger partial charge in [-0.15, -0.1) is 12.4 Å². The minimum atomic E-state index is -0.326. The number of urea groups is 1. The van der Waals surface area contributed by atoms with Gasteiger partial charge in [0.25, 0.3) is 5.91 Å². The average Bonchev–Trinajstić information content (AvgIpc) is 3.11. The fourth-order valence-corrected chi connectivity index (χ4v) is 3.03. The Morgan fingerprint density at radius 3 is 2.23 bits per heavy atom. The predicted molar refractivity (Wildman–Crippen MR) is 106 cm³/mol. The maximum absolute atomic E-state index is 12.6. The highest BCUT2D eigenvalue weighted by Gasteiger charge is 2.28. The second-order valence-electron chi connectivity index (χ2n) is 6.05. The van der Waals surface area contributed by atoms with Crippen LogP contribution in [0.2, 0.25) is 0 Å². The first-order chi connectivity index (χ1) is 12.2. The molecule has 0 aromatic heterocycles. The summed E-state index contributed by atoms with van der Waals surface area (Å²) in [5.41, 5.74) is 7.68. The zero-order chi connectivity index (χ0) is 17.6. The number of para-hydroxylation sites is 1. The minimum absolute atomic E-state index is 0. The number of anilines is 2. The van der Waals surface area contributed by atoms with Crippen molar-refractivity contribution in [2.45, 2.75) is 18.9 Å². The second kappa shape index (κ2) is 9.22. The smallest absolute Gasteiger partial charge is 0.323 e. The SMILES string of the molecule is Cl.NCC1CCCN1C(=O)c1ccc(NC(=O)Nc2ccccc2)cc1. The zero-order valence-electron chi connectivity index (χ0n) is 14.4. The number of nitrogens with one attached hydrogen (secondary N) is 2. The summed E-state index contributed by atoms with van der Waals surface area (Å²) in [5, 5.41) is 5.50. The lowest BCUT2D eigenvalue weighted by Gasteiger charge is -2.23. The number of nitrogens with two attached hydrogens (primary N) is 1. The molecule has 7 heteroatoms. The number of rotatable bonds is 4. The van der Waals surface area contributed by atoms with Crippen LogP contribution in [0, 0.1) is 0 Å². The number of carbonyl (C=O) groups is 2. The molecule has 1 saturated heterocycles. The Morgan fingerprint density at radius 1 is 1.00 bits per heavy atom. The number of hydrogen-bond acceptors (Lipinski definition) is 3. The van der Waals surface area contributed by atoms with E-state index in [4.69, 9.17) is 5.73 Å². The number of likely N-dealkylation sites (tertiary alicyclic amines) is 1. The third kappa shape index (κ3) is 4.74. The van der Waals surface area contributed by atoms with Gasteiger partial charge < -0.3 is 21.3 Å². The van der Waals surface area contributed by atoms with Crippen LogP contribution in [0.15, 0.2) is 54.6 Å². The fourth-order valence-electron chi connectivity index (χ4n) is 3.03. The number of benzene rings is 2. The van der Waals surface area contributed by atoms with Crippen molar-refractivity contribution < 1.29 is 9.59 Å². The topological polar surface area (TPSA) is 87.5 Å². The predicted octanol–water partition coefficient (Wildman–Crippen LogP) is 3.32. The van der Waals surface area contributed by atoms with Gasteiger partial charge in [0.05, 0.1) is 0 Å². The summed E-state index contributed by atoms with van der Waals surface area (Å²) in [6.45, 7) is 1.24. The molecule has 6 nitrogen and oxygen atoms in total. The van der Waals surface area contributed by atoms with Crippen molar-refractivity contribution >= 4 is 35.7 Å². The lowest BCUT2D eigenvalue weighted by molar-refractivity contribution is 0.0741. The first-order valence-electron chi connectivity index (χ1n) is 8.41. The van der Waals surface area contributed by atoms with Crippen LogP contribution in [-0.4, -0.2) is 36.0 Å². The molecule has 1 aliphatic heterocycles. The Labute approximate surface area is 159 Å². The molecule has 1 aliphatic rings. The Hall–Kier alpha value is -2.57. The van der Waals surface area contributed by atoms with E-state index >= 15 is 0 Å². The molecule has 0 radical (unpaired) electrons. The van der Waals surface area contributed by atoms with Crippen LogP contribution in [0.5, 0.6) is 0 Å². The van der Waals surface area contributed by atoms with Gasteiger partial charge in [-0.2, -0.15) is 0 Å². The van der Waals surface area contributed by atoms with Gasteiger partial charge in [0.2, 0.25) is 0 Å². The van der Waals surface area contributed by atoms with E-state index < -0.39 is 0 Å². The second-order valence-corrected chi connectivity index (χ2v) is 6.05. The van der Waals surface area contributed by atoms with Crippen LogP contribution in [0.25, 0.3) is 0 Å². The molecule has 138 valence electrons. The molecule has 1 unspecified atom stereocenters. The van der Waals surface area contributed by atoms with Crippen molar-refractivity contribution in [3.05, 3.63) is 60.2 Å². The summed E-state index contributed by atoms with van der Waals surface area (Å²) in [4.78, 5) is 26.4. The van der Waals surface area contributed by atoms with E-state index in [9.17, 15) is 9.59 Å². The van der Waals surface area contributed by atoms with Crippen molar-refractivity contribution in [1.29, 1.82) is 0 Å². The van der Waals surface area contributed by atoms with Crippen LogP contribution >= 0.6 is 12.4 Å². The fraction of sp³-hybridized carbons (Fsp3) is 0.263. The molecule has 2 aromatic rings. The molecule has 0 saturated carbocycles. The standard InChI is InChI=1S/C19H22N4O2.ClH/c20-13-17-7-4-12-23(17)18(24)14-8-10-16(11-9-14)22-19(25)21-15-5-2-1-3-6-15;/h1-3,5-6,8-11,17H,4,7,12-13,20H2,(H2,21,22,25);1H. The summed E-state index contributed by atoms with van der Waals surface area (Å²) in [5.74, 6) is -0.00626.